The second-order valence-corrected chi connectivity index (χ2v) is 1.68. The topological polar surface area (TPSA) is 93.6 Å². The molecule has 0 saturated carbocycles. The molecule has 0 aromatic carbocycles. The van der Waals surface area contributed by atoms with Crippen molar-refractivity contribution in [2.24, 2.45) is 5.73 Å². The molecule has 5 N–H and O–H groups in total. The van der Waals surface area contributed by atoms with Crippen LogP contribution in [0.15, 0.2) is 0 Å². The number of hydrogen-bond acceptors (Lipinski definition) is 4. The number of nitrogen functional groups attached to an aromatic ring is 1. The molecule has 0 atom stereocenters. The van der Waals surface area contributed by atoms with Crippen molar-refractivity contribution in [2.75, 3.05) is 12.3 Å². The normalized spacial score (nSPS) is 9.89. The minimum Gasteiger partial charge on any atom is -0.367 e. The van der Waals surface area contributed by atoms with Crippen molar-refractivity contribution >= 4 is 5.95 Å². The van der Waals surface area contributed by atoms with Crippen molar-refractivity contribution < 1.29 is 0 Å². The van der Waals surface area contributed by atoms with Gasteiger partial charge in [0.25, 0.3) is 0 Å². The van der Waals surface area contributed by atoms with Gasteiger partial charge in [0.15, 0.2) is 0 Å². The fourth-order valence-electron chi connectivity index (χ4n) is 0.559. The summed E-state index contributed by atoms with van der Waals surface area (Å²) in [5.41, 5.74) is 10.5. The van der Waals surface area contributed by atoms with Gasteiger partial charge in [0.1, 0.15) is 5.82 Å². The van der Waals surface area contributed by atoms with Gasteiger partial charge in [-0.25, -0.2) is 0 Å². The molecule has 0 aliphatic rings. The first-order valence-electron chi connectivity index (χ1n) is 2.69. The zero-order valence-electron chi connectivity index (χ0n) is 4.96. The minimum absolute atomic E-state index is 0.276. The number of H-pyrrole nitrogens is 1. The molecule has 5 heteroatoms. The Morgan fingerprint density at radius 3 is 2.78 bits per heavy atom. The Bertz CT molecular complexity index is 181. The third kappa shape index (κ3) is 1.39. The fraction of sp³-hybridized carbons (Fsp3) is 0.500. The SMILES string of the molecule is NCCc1nc(N)n[nH]1. The molecular formula is C4H9N5. The molecule has 0 radical (unpaired) electrons. The summed E-state index contributed by atoms with van der Waals surface area (Å²) in [5, 5.41) is 6.26. The van der Waals surface area contributed by atoms with Crippen LogP contribution in [0.25, 0.3) is 0 Å². The van der Waals surface area contributed by atoms with Gasteiger partial charge < -0.3 is 11.5 Å². The number of rotatable bonds is 2. The van der Waals surface area contributed by atoms with Crippen LogP contribution < -0.4 is 11.5 Å². The minimum atomic E-state index is 0.276. The van der Waals surface area contributed by atoms with E-state index in [1.54, 1.807) is 0 Å². The summed E-state index contributed by atoms with van der Waals surface area (Å²) in [6.45, 7) is 0.564. The predicted molar refractivity (Wildman–Crippen MR) is 33.6 cm³/mol. The van der Waals surface area contributed by atoms with Gasteiger partial charge >= 0.3 is 0 Å². The van der Waals surface area contributed by atoms with E-state index in [4.69, 9.17) is 11.5 Å². The van der Waals surface area contributed by atoms with Crippen molar-refractivity contribution in [2.45, 2.75) is 6.42 Å². The van der Waals surface area contributed by atoms with E-state index in [-0.39, 0.29) is 5.95 Å². The first-order valence-corrected chi connectivity index (χ1v) is 2.69. The van der Waals surface area contributed by atoms with Gasteiger partial charge in [0.05, 0.1) is 0 Å². The molecule has 0 amide bonds. The quantitative estimate of drug-likeness (QED) is 0.469. The summed E-state index contributed by atoms with van der Waals surface area (Å²) in [6.07, 6.45) is 0.699. The van der Waals surface area contributed by atoms with Crippen molar-refractivity contribution in [3.05, 3.63) is 5.82 Å². The molecule has 0 unspecified atom stereocenters. The molecule has 50 valence electrons. The number of nitrogens with one attached hydrogen (secondary N) is 1. The molecule has 9 heavy (non-hydrogen) atoms. The summed E-state index contributed by atoms with van der Waals surface area (Å²) >= 11 is 0. The molecular weight excluding hydrogens is 118 g/mol. The van der Waals surface area contributed by atoms with E-state index in [1.165, 1.54) is 0 Å². The van der Waals surface area contributed by atoms with E-state index >= 15 is 0 Å². The van der Waals surface area contributed by atoms with Crippen LogP contribution in [0.5, 0.6) is 0 Å². The highest BCUT2D eigenvalue weighted by Crippen LogP contribution is 1.91. The lowest BCUT2D eigenvalue weighted by molar-refractivity contribution is 0.874. The Morgan fingerprint density at radius 2 is 2.33 bits per heavy atom. The van der Waals surface area contributed by atoms with Gasteiger partial charge in [0.2, 0.25) is 5.95 Å². The molecule has 0 aliphatic heterocycles. The van der Waals surface area contributed by atoms with Crippen LogP contribution in [0.1, 0.15) is 5.82 Å². The standard InChI is InChI=1S/C4H9N5/c5-2-1-3-7-4(6)9-8-3/h1-2,5H2,(H3,6,7,8,9). The van der Waals surface area contributed by atoms with Crippen LogP contribution in [0, 0.1) is 0 Å². The van der Waals surface area contributed by atoms with Crippen LogP contribution in [0.4, 0.5) is 5.95 Å². The highest BCUT2D eigenvalue weighted by atomic mass is 15.3. The van der Waals surface area contributed by atoms with Gasteiger partial charge in [-0.2, -0.15) is 4.98 Å². The lowest BCUT2D eigenvalue weighted by Gasteiger charge is -1.85. The Balaban J connectivity index is 2.61. The number of nitrogens with zero attached hydrogens (tertiary/aromatic N) is 2. The van der Waals surface area contributed by atoms with E-state index < -0.39 is 0 Å². The summed E-state index contributed by atoms with van der Waals surface area (Å²) in [6, 6.07) is 0. The zero-order chi connectivity index (χ0) is 6.69. The Hall–Kier alpha value is -1.10. The third-order valence-electron chi connectivity index (χ3n) is 0.930. The maximum atomic E-state index is 5.24. The molecule has 0 bridgehead atoms. The first kappa shape index (κ1) is 6.03. The van der Waals surface area contributed by atoms with Gasteiger partial charge in [-0.05, 0) is 6.54 Å². The summed E-state index contributed by atoms with van der Waals surface area (Å²) in [5.74, 6) is 1.02. The summed E-state index contributed by atoms with van der Waals surface area (Å²) in [4.78, 5) is 3.83. The maximum absolute atomic E-state index is 5.24. The van der Waals surface area contributed by atoms with Crippen LogP contribution >= 0.6 is 0 Å². The first-order chi connectivity index (χ1) is 4.33. The smallest absolute Gasteiger partial charge is 0.239 e. The van der Waals surface area contributed by atoms with Crippen molar-refractivity contribution in [1.29, 1.82) is 0 Å². The summed E-state index contributed by atoms with van der Waals surface area (Å²) < 4.78 is 0. The number of aromatic nitrogens is 3. The van der Waals surface area contributed by atoms with Crippen LogP contribution in [-0.2, 0) is 6.42 Å². The van der Waals surface area contributed by atoms with E-state index in [0.717, 1.165) is 5.82 Å². The Morgan fingerprint density at radius 1 is 1.56 bits per heavy atom. The number of anilines is 1. The van der Waals surface area contributed by atoms with E-state index in [2.05, 4.69) is 15.2 Å². The molecule has 0 saturated heterocycles. The van der Waals surface area contributed by atoms with E-state index in [0.29, 0.717) is 13.0 Å². The van der Waals surface area contributed by atoms with Crippen molar-refractivity contribution in [3.63, 3.8) is 0 Å². The lowest BCUT2D eigenvalue weighted by Crippen LogP contribution is -2.03. The second kappa shape index (κ2) is 2.45. The number of aromatic amines is 1. The second-order valence-electron chi connectivity index (χ2n) is 1.68. The predicted octanol–water partition coefficient (Wildman–Crippen LogP) is -1.11. The Labute approximate surface area is 52.5 Å². The zero-order valence-corrected chi connectivity index (χ0v) is 4.96. The van der Waals surface area contributed by atoms with Crippen molar-refractivity contribution in [1.82, 2.24) is 15.2 Å². The molecule has 1 aromatic rings. The lowest BCUT2D eigenvalue weighted by atomic mass is 10.4. The van der Waals surface area contributed by atoms with Crippen LogP contribution in [0.3, 0.4) is 0 Å². The maximum Gasteiger partial charge on any atom is 0.239 e. The molecule has 0 spiro atoms. The molecule has 0 aliphatic carbocycles. The number of hydrogen-bond donors (Lipinski definition) is 3. The van der Waals surface area contributed by atoms with E-state index in [9.17, 15) is 0 Å². The van der Waals surface area contributed by atoms with Crippen LogP contribution in [-0.4, -0.2) is 21.7 Å². The van der Waals surface area contributed by atoms with Gasteiger partial charge in [-0.3, -0.25) is 5.10 Å². The summed E-state index contributed by atoms with van der Waals surface area (Å²) in [7, 11) is 0. The monoisotopic (exact) mass is 127 g/mol. The molecule has 5 nitrogen and oxygen atoms in total. The highest BCUT2D eigenvalue weighted by Gasteiger charge is 1.95. The van der Waals surface area contributed by atoms with E-state index in [1.807, 2.05) is 0 Å². The van der Waals surface area contributed by atoms with Crippen molar-refractivity contribution in [3.8, 4) is 0 Å². The average Bonchev–Trinajstić information content (AvgIpc) is 2.17. The van der Waals surface area contributed by atoms with Crippen LogP contribution in [0.2, 0.25) is 0 Å². The molecule has 1 aromatic heterocycles. The van der Waals surface area contributed by atoms with Gasteiger partial charge in [-0.15, -0.1) is 5.10 Å². The Kier molecular flexibility index (Phi) is 1.64. The van der Waals surface area contributed by atoms with Gasteiger partial charge in [0, 0.05) is 6.42 Å². The van der Waals surface area contributed by atoms with Gasteiger partial charge in [-0.1, -0.05) is 0 Å². The molecule has 1 rings (SSSR count). The molecule has 0 fully saturated rings. The molecule has 1 heterocycles. The fourth-order valence-corrected chi connectivity index (χ4v) is 0.559. The highest BCUT2D eigenvalue weighted by molar-refractivity contribution is 5.12. The third-order valence-corrected chi connectivity index (χ3v) is 0.930. The number of nitrogens with two attached hydrogens (primary N) is 2. The average molecular weight is 127 g/mol. The largest absolute Gasteiger partial charge is 0.367 e.